The molecule has 36 heavy (non-hydrogen) atoms. The highest BCUT2D eigenvalue weighted by Gasteiger charge is 2.29. The summed E-state index contributed by atoms with van der Waals surface area (Å²) in [6.07, 6.45) is 3.26. The molecule has 0 bridgehead atoms. The molecule has 3 aromatic heterocycles. The maximum atomic E-state index is 2.62. The zero-order valence-corrected chi connectivity index (χ0v) is 22.4. The number of nitrogens with zero attached hydrogens (tertiary/aromatic N) is 2. The second-order valence-electron chi connectivity index (χ2n) is 12.1. The average Bonchev–Trinajstić information content (AvgIpc) is 3.17. The summed E-state index contributed by atoms with van der Waals surface area (Å²) in [4.78, 5) is 0. The number of fused-ring (bicyclic) bond motifs is 7. The molecule has 0 aliphatic rings. The third-order valence-corrected chi connectivity index (χ3v) is 8.20. The summed E-state index contributed by atoms with van der Waals surface area (Å²) in [7, 11) is 2.21. The minimum Gasteiger partial charge on any atom is -0.307 e. The van der Waals surface area contributed by atoms with Gasteiger partial charge in [-0.15, -0.1) is 0 Å². The van der Waals surface area contributed by atoms with Gasteiger partial charge in [0.25, 0.3) is 0 Å². The standard InChI is InChI=1S/C34H33N2/c1-19-12-13-23-25(16-19)21(3)29-31(26(23)18-34(4,5)6)36-27-11-9-8-10-24(27)28-20(2)17-22-14-15-35(7)32(29)30(22)33(28)36/h8-17H,18H2,1-7H3/q+1. The minimum absolute atomic E-state index is 0.157. The lowest BCUT2D eigenvalue weighted by Gasteiger charge is -2.24. The number of para-hydroxylation sites is 1. The normalized spacial score (nSPS) is 13.0. The van der Waals surface area contributed by atoms with Crippen molar-refractivity contribution in [2.24, 2.45) is 12.5 Å². The van der Waals surface area contributed by atoms with E-state index in [1.54, 1.807) is 0 Å². The molecule has 0 aliphatic heterocycles. The molecule has 2 nitrogen and oxygen atoms in total. The van der Waals surface area contributed by atoms with Crippen LogP contribution in [0.4, 0.5) is 0 Å². The van der Waals surface area contributed by atoms with E-state index >= 15 is 0 Å². The smallest absolute Gasteiger partial charge is 0.224 e. The van der Waals surface area contributed by atoms with E-state index in [1.165, 1.54) is 82.0 Å². The molecular formula is C34H33N2+. The van der Waals surface area contributed by atoms with Gasteiger partial charge in [-0.25, -0.2) is 4.57 Å². The Hall–Kier alpha value is -3.65. The first-order chi connectivity index (χ1) is 17.2. The Kier molecular flexibility index (Phi) is 4.19. The molecular weight excluding hydrogens is 436 g/mol. The lowest BCUT2D eigenvalue weighted by molar-refractivity contribution is -0.643. The third kappa shape index (κ3) is 2.70. The SMILES string of the molecule is Cc1ccc2c(CC(C)(C)C)c3c(c(C)c2c1)c1c2c(cc[n+]1C)cc(C)c1c4ccccc4n3c12. The summed E-state index contributed by atoms with van der Waals surface area (Å²) in [5.74, 6) is 0. The Balaban J connectivity index is 1.95. The molecule has 2 heteroatoms. The van der Waals surface area contributed by atoms with Crippen LogP contribution in [0.2, 0.25) is 0 Å². The van der Waals surface area contributed by atoms with E-state index in [-0.39, 0.29) is 5.41 Å². The van der Waals surface area contributed by atoms with Crippen molar-refractivity contribution in [3.63, 3.8) is 0 Å². The van der Waals surface area contributed by atoms with Crippen LogP contribution in [0, 0.1) is 26.2 Å². The van der Waals surface area contributed by atoms with Gasteiger partial charge in [-0.05, 0) is 71.5 Å². The van der Waals surface area contributed by atoms with E-state index in [4.69, 9.17) is 0 Å². The zero-order valence-electron chi connectivity index (χ0n) is 22.4. The monoisotopic (exact) mass is 469 g/mol. The Morgan fingerprint density at radius 2 is 1.56 bits per heavy atom. The van der Waals surface area contributed by atoms with Crippen molar-refractivity contribution in [2.45, 2.75) is 48.0 Å². The van der Waals surface area contributed by atoms with Crippen molar-refractivity contribution >= 4 is 59.8 Å². The van der Waals surface area contributed by atoms with Gasteiger partial charge in [-0.1, -0.05) is 68.8 Å². The lowest BCUT2D eigenvalue weighted by Crippen LogP contribution is -2.29. The second-order valence-corrected chi connectivity index (χ2v) is 12.1. The van der Waals surface area contributed by atoms with E-state index in [0.717, 1.165) is 6.42 Å². The number of aryl methyl sites for hydroxylation is 4. The van der Waals surface area contributed by atoms with E-state index in [9.17, 15) is 0 Å². The Morgan fingerprint density at radius 1 is 0.778 bits per heavy atom. The molecule has 0 fully saturated rings. The van der Waals surface area contributed by atoms with Gasteiger partial charge in [0.15, 0.2) is 6.20 Å². The highest BCUT2D eigenvalue weighted by atomic mass is 15.0. The highest BCUT2D eigenvalue weighted by molar-refractivity contribution is 6.29. The number of hydrogen-bond acceptors (Lipinski definition) is 0. The molecule has 0 radical (unpaired) electrons. The number of pyridine rings is 2. The Bertz CT molecular complexity index is 2030. The molecule has 0 aliphatic carbocycles. The van der Waals surface area contributed by atoms with Gasteiger partial charge in [0, 0.05) is 16.8 Å². The first-order valence-corrected chi connectivity index (χ1v) is 13.1. The Morgan fingerprint density at radius 3 is 2.33 bits per heavy atom. The predicted octanol–water partition coefficient (Wildman–Crippen LogP) is 8.48. The quantitative estimate of drug-likeness (QED) is 0.129. The van der Waals surface area contributed by atoms with Crippen LogP contribution in [0.1, 0.15) is 43.0 Å². The third-order valence-electron chi connectivity index (χ3n) is 8.20. The fourth-order valence-corrected chi connectivity index (χ4v) is 6.82. The molecule has 3 heterocycles. The summed E-state index contributed by atoms with van der Waals surface area (Å²) in [6, 6.07) is 20.7. The second kappa shape index (κ2) is 6.97. The van der Waals surface area contributed by atoms with Gasteiger partial charge < -0.3 is 4.40 Å². The van der Waals surface area contributed by atoms with Crippen molar-refractivity contribution < 1.29 is 4.57 Å². The van der Waals surface area contributed by atoms with Crippen molar-refractivity contribution in [1.29, 1.82) is 0 Å². The van der Waals surface area contributed by atoms with Crippen LogP contribution >= 0.6 is 0 Å². The summed E-state index contributed by atoms with van der Waals surface area (Å²) >= 11 is 0. The molecule has 178 valence electrons. The summed E-state index contributed by atoms with van der Waals surface area (Å²) in [5.41, 5.74) is 11.1. The van der Waals surface area contributed by atoms with Crippen LogP contribution < -0.4 is 4.57 Å². The number of aromatic nitrogens is 2. The first kappa shape index (κ1) is 21.6. The van der Waals surface area contributed by atoms with E-state index in [2.05, 4.69) is 118 Å². The fourth-order valence-electron chi connectivity index (χ4n) is 6.82. The van der Waals surface area contributed by atoms with Crippen molar-refractivity contribution in [3.8, 4) is 0 Å². The first-order valence-electron chi connectivity index (χ1n) is 13.1. The van der Waals surface area contributed by atoms with Crippen LogP contribution in [0.5, 0.6) is 0 Å². The van der Waals surface area contributed by atoms with Crippen LogP contribution in [0.3, 0.4) is 0 Å². The van der Waals surface area contributed by atoms with Crippen molar-refractivity contribution in [1.82, 2.24) is 4.40 Å². The van der Waals surface area contributed by atoms with E-state index in [1.807, 2.05) is 0 Å². The van der Waals surface area contributed by atoms with Crippen molar-refractivity contribution in [3.05, 3.63) is 83.0 Å². The Labute approximate surface area is 212 Å². The molecule has 0 amide bonds. The van der Waals surface area contributed by atoms with Gasteiger partial charge in [0.1, 0.15) is 7.05 Å². The summed E-state index contributed by atoms with van der Waals surface area (Å²) in [5, 5.41) is 9.60. The molecule has 0 N–H and O–H groups in total. The molecule has 0 saturated carbocycles. The topological polar surface area (TPSA) is 8.29 Å². The predicted molar refractivity (Wildman–Crippen MR) is 155 cm³/mol. The molecule has 0 unspecified atom stereocenters. The zero-order chi connectivity index (χ0) is 25.1. The average molecular weight is 470 g/mol. The highest BCUT2D eigenvalue weighted by Crippen LogP contribution is 2.46. The summed E-state index contributed by atoms with van der Waals surface area (Å²) < 4.78 is 4.97. The molecule has 0 saturated heterocycles. The van der Waals surface area contributed by atoms with E-state index in [0.29, 0.717) is 0 Å². The molecule has 7 aromatic rings. The molecule has 7 rings (SSSR count). The number of rotatable bonds is 1. The van der Waals surface area contributed by atoms with Crippen LogP contribution in [0.25, 0.3) is 59.8 Å². The fraction of sp³-hybridized carbons (Fsp3) is 0.265. The summed E-state index contributed by atoms with van der Waals surface area (Å²) in [6.45, 7) is 13.9. The molecule has 0 spiro atoms. The van der Waals surface area contributed by atoms with Crippen LogP contribution in [0.15, 0.2) is 60.8 Å². The van der Waals surface area contributed by atoms with E-state index < -0.39 is 0 Å². The lowest BCUT2D eigenvalue weighted by atomic mass is 9.83. The number of hydrogen-bond donors (Lipinski definition) is 0. The van der Waals surface area contributed by atoms with Crippen molar-refractivity contribution in [2.75, 3.05) is 0 Å². The molecule has 4 aromatic carbocycles. The van der Waals surface area contributed by atoms with Gasteiger partial charge in [-0.2, -0.15) is 0 Å². The van der Waals surface area contributed by atoms with Gasteiger partial charge in [-0.3, -0.25) is 0 Å². The van der Waals surface area contributed by atoms with Gasteiger partial charge in [0.05, 0.1) is 27.3 Å². The largest absolute Gasteiger partial charge is 0.307 e. The van der Waals surface area contributed by atoms with Gasteiger partial charge >= 0.3 is 0 Å². The van der Waals surface area contributed by atoms with Crippen LogP contribution in [-0.2, 0) is 13.5 Å². The van der Waals surface area contributed by atoms with Crippen LogP contribution in [-0.4, -0.2) is 4.40 Å². The molecule has 0 atom stereocenters. The maximum absolute atomic E-state index is 2.62. The van der Waals surface area contributed by atoms with Gasteiger partial charge in [0.2, 0.25) is 5.52 Å². The maximum Gasteiger partial charge on any atom is 0.224 e. The number of benzene rings is 4. The minimum atomic E-state index is 0.157.